The smallest absolute Gasteiger partial charge is 0.324 e. The van der Waals surface area contributed by atoms with Crippen molar-refractivity contribution in [1.82, 2.24) is 0 Å². The number of ketones is 2. The molecule has 0 bridgehead atoms. The van der Waals surface area contributed by atoms with Crippen molar-refractivity contribution in [2.24, 2.45) is 5.92 Å². The van der Waals surface area contributed by atoms with Crippen molar-refractivity contribution in [3.8, 4) is 11.5 Å². The minimum absolute atomic E-state index is 0.104. The lowest BCUT2D eigenvalue weighted by Crippen LogP contribution is -2.32. The first-order valence-electron chi connectivity index (χ1n) is 7.57. The van der Waals surface area contributed by atoms with Crippen molar-refractivity contribution < 1.29 is 23.9 Å². The lowest BCUT2D eigenvalue weighted by Gasteiger charge is -2.12. The Bertz CT molecular complexity index is 736. The number of carbonyl (C=O) groups excluding carboxylic acids is 3. The first kappa shape index (κ1) is 17.4. The lowest BCUT2D eigenvalue weighted by molar-refractivity contribution is -0.148. The molecule has 0 aliphatic rings. The van der Waals surface area contributed by atoms with E-state index in [1.807, 2.05) is 18.2 Å². The van der Waals surface area contributed by atoms with Crippen LogP contribution in [0.3, 0.4) is 0 Å². The molecular formula is C19H18O5. The summed E-state index contributed by atoms with van der Waals surface area (Å²) >= 11 is 0. The van der Waals surface area contributed by atoms with Crippen molar-refractivity contribution >= 4 is 17.5 Å². The maximum absolute atomic E-state index is 12.5. The highest BCUT2D eigenvalue weighted by atomic mass is 16.5. The summed E-state index contributed by atoms with van der Waals surface area (Å²) in [5.41, 5.74) is 0.219. The summed E-state index contributed by atoms with van der Waals surface area (Å²) in [6.45, 7) is 2.92. The van der Waals surface area contributed by atoms with E-state index in [0.29, 0.717) is 11.5 Å². The molecule has 1 atom stereocenters. The zero-order chi connectivity index (χ0) is 17.5. The molecule has 0 saturated heterocycles. The van der Waals surface area contributed by atoms with E-state index in [2.05, 4.69) is 0 Å². The lowest BCUT2D eigenvalue weighted by atomic mass is 9.94. The molecule has 5 heteroatoms. The van der Waals surface area contributed by atoms with Crippen LogP contribution in [0.2, 0.25) is 0 Å². The number of hydrogen-bond donors (Lipinski definition) is 0. The van der Waals surface area contributed by atoms with Crippen LogP contribution in [0, 0.1) is 5.92 Å². The van der Waals surface area contributed by atoms with Crippen molar-refractivity contribution in [1.29, 1.82) is 0 Å². The molecule has 1 unspecified atom stereocenters. The molecule has 0 spiro atoms. The van der Waals surface area contributed by atoms with E-state index in [1.54, 1.807) is 31.2 Å². The van der Waals surface area contributed by atoms with Crippen LogP contribution in [0.5, 0.6) is 11.5 Å². The average molecular weight is 326 g/mol. The molecule has 2 rings (SSSR count). The molecule has 0 radical (unpaired) electrons. The molecule has 124 valence electrons. The van der Waals surface area contributed by atoms with Gasteiger partial charge in [0, 0.05) is 5.56 Å². The van der Waals surface area contributed by atoms with Gasteiger partial charge in [0.05, 0.1) is 6.61 Å². The Kier molecular flexibility index (Phi) is 5.84. The predicted octanol–water partition coefficient (Wildman–Crippen LogP) is 3.43. The number of esters is 1. The number of benzene rings is 2. The summed E-state index contributed by atoms with van der Waals surface area (Å²) in [6.07, 6.45) is 0. The van der Waals surface area contributed by atoms with Gasteiger partial charge in [-0.25, -0.2) is 0 Å². The van der Waals surface area contributed by atoms with Crippen molar-refractivity contribution in [3.05, 3.63) is 60.2 Å². The van der Waals surface area contributed by atoms with Gasteiger partial charge in [0.25, 0.3) is 0 Å². The van der Waals surface area contributed by atoms with Crippen LogP contribution in [0.4, 0.5) is 0 Å². The summed E-state index contributed by atoms with van der Waals surface area (Å²) in [7, 11) is 0. The first-order chi connectivity index (χ1) is 11.5. The fourth-order valence-electron chi connectivity index (χ4n) is 2.19. The van der Waals surface area contributed by atoms with Crippen LogP contribution in [0.15, 0.2) is 54.6 Å². The van der Waals surface area contributed by atoms with Gasteiger partial charge in [-0.1, -0.05) is 30.3 Å². The standard InChI is InChI=1S/C19H18O5/c1-3-23-19(22)17(13(2)20)18(21)14-8-7-11-16(12-14)24-15-9-5-4-6-10-15/h4-12,17H,3H2,1-2H3. The monoisotopic (exact) mass is 326 g/mol. The fourth-order valence-corrected chi connectivity index (χ4v) is 2.19. The van der Waals surface area contributed by atoms with Gasteiger partial charge in [0.2, 0.25) is 0 Å². The van der Waals surface area contributed by atoms with E-state index < -0.39 is 23.5 Å². The number of rotatable bonds is 7. The molecule has 0 N–H and O–H groups in total. The molecule has 0 aliphatic heterocycles. The number of carbonyl (C=O) groups is 3. The molecule has 0 amide bonds. The van der Waals surface area contributed by atoms with Crippen molar-refractivity contribution in [2.45, 2.75) is 13.8 Å². The van der Waals surface area contributed by atoms with Gasteiger partial charge in [-0.3, -0.25) is 14.4 Å². The van der Waals surface area contributed by atoms with Crippen LogP contribution in [-0.2, 0) is 14.3 Å². The maximum atomic E-state index is 12.5. The van der Waals surface area contributed by atoms with Gasteiger partial charge >= 0.3 is 5.97 Å². The van der Waals surface area contributed by atoms with Crippen LogP contribution in [0.25, 0.3) is 0 Å². The van der Waals surface area contributed by atoms with E-state index >= 15 is 0 Å². The Morgan fingerprint density at radius 2 is 1.62 bits per heavy atom. The van der Waals surface area contributed by atoms with Gasteiger partial charge in [0.1, 0.15) is 11.5 Å². The molecule has 5 nitrogen and oxygen atoms in total. The molecular weight excluding hydrogens is 308 g/mol. The Morgan fingerprint density at radius 3 is 2.25 bits per heavy atom. The number of hydrogen-bond acceptors (Lipinski definition) is 5. The quantitative estimate of drug-likeness (QED) is 0.443. The van der Waals surface area contributed by atoms with E-state index in [4.69, 9.17) is 9.47 Å². The predicted molar refractivity (Wildman–Crippen MR) is 88.1 cm³/mol. The van der Waals surface area contributed by atoms with E-state index in [1.165, 1.54) is 19.1 Å². The maximum Gasteiger partial charge on any atom is 0.324 e. The summed E-state index contributed by atoms with van der Waals surface area (Å²) in [4.78, 5) is 36.1. The molecule has 2 aromatic rings. The minimum atomic E-state index is -1.45. The highest BCUT2D eigenvalue weighted by molar-refractivity contribution is 6.22. The Hall–Kier alpha value is -2.95. The molecule has 0 aromatic heterocycles. The average Bonchev–Trinajstić information content (AvgIpc) is 2.56. The second kappa shape index (κ2) is 8.06. The van der Waals surface area contributed by atoms with Crippen molar-refractivity contribution in [2.75, 3.05) is 6.61 Å². The Balaban J connectivity index is 2.24. The van der Waals surface area contributed by atoms with E-state index in [-0.39, 0.29) is 12.2 Å². The molecule has 0 fully saturated rings. The minimum Gasteiger partial charge on any atom is -0.465 e. The Labute approximate surface area is 140 Å². The third-order valence-electron chi connectivity index (χ3n) is 3.29. The van der Waals surface area contributed by atoms with E-state index in [0.717, 1.165) is 0 Å². The van der Waals surface area contributed by atoms with E-state index in [9.17, 15) is 14.4 Å². The number of para-hydroxylation sites is 1. The summed E-state index contributed by atoms with van der Waals surface area (Å²) < 4.78 is 10.5. The molecule has 24 heavy (non-hydrogen) atoms. The molecule has 0 heterocycles. The third-order valence-corrected chi connectivity index (χ3v) is 3.29. The van der Waals surface area contributed by atoms with Crippen LogP contribution < -0.4 is 4.74 Å². The Morgan fingerprint density at radius 1 is 0.958 bits per heavy atom. The number of ether oxygens (including phenoxy) is 2. The SMILES string of the molecule is CCOC(=O)C(C(C)=O)C(=O)c1cccc(Oc2ccccc2)c1. The van der Waals surface area contributed by atoms with Crippen molar-refractivity contribution in [3.63, 3.8) is 0 Å². The second-order valence-electron chi connectivity index (χ2n) is 5.10. The zero-order valence-corrected chi connectivity index (χ0v) is 13.5. The van der Waals surface area contributed by atoms with Gasteiger partial charge in [-0.15, -0.1) is 0 Å². The summed E-state index contributed by atoms with van der Waals surface area (Å²) in [5.74, 6) is -2.36. The molecule has 2 aromatic carbocycles. The van der Waals surface area contributed by atoms with Gasteiger partial charge in [-0.2, -0.15) is 0 Å². The summed E-state index contributed by atoms with van der Waals surface area (Å²) in [6, 6.07) is 15.5. The third kappa shape index (κ3) is 4.29. The van der Waals surface area contributed by atoms with Gasteiger partial charge in [0.15, 0.2) is 17.5 Å². The summed E-state index contributed by atoms with van der Waals surface area (Å²) in [5, 5.41) is 0. The van der Waals surface area contributed by atoms with Gasteiger partial charge in [-0.05, 0) is 38.1 Å². The highest BCUT2D eigenvalue weighted by Gasteiger charge is 2.33. The topological polar surface area (TPSA) is 69.7 Å². The largest absolute Gasteiger partial charge is 0.465 e. The second-order valence-corrected chi connectivity index (χ2v) is 5.10. The van der Waals surface area contributed by atoms with Gasteiger partial charge < -0.3 is 9.47 Å². The van der Waals surface area contributed by atoms with Crippen LogP contribution in [-0.4, -0.2) is 24.1 Å². The highest BCUT2D eigenvalue weighted by Crippen LogP contribution is 2.23. The van der Waals surface area contributed by atoms with Crippen LogP contribution >= 0.6 is 0 Å². The number of Topliss-reactive ketones (excluding diaryl/α,β-unsaturated/α-hetero) is 2. The molecule has 0 aliphatic carbocycles. The zero-order valence-electron chi connectivity index (χ0n) is 13.5. The normalized spacial score (nSPS) is 11.4. The van der Waals surface area contributed by atoms with Crippen LogP contribution in [0.1, 0.15) is 24.2 Å². The first-order valence-corrected chi connectivity index (χ1v) is 7.57. The molecule has 0 saturated carbocycles. The fraction of sp³-hybridized carbons (Fsp3) is 0.211.